The Morgan fingerprint density at radius 3 is 1.74 bits per heavy atom. The molecule has 4 rings (SSSR count). The van der Waals surface area contributed by atoms with Crippen LogP contribution in [-0.2, 0) is 10.0 Å². The molecule has 0 fully saturated rings. The first-order valence-electron chi connectivity index (χ1n) is 11.6. The van der Waals surface area contributed by atoms with Gasteiger partial charge in [-0.15, -0.1) is 0 Å². The minimum absolute atomic E-state index is 0.00766. The number of phenolic OH excluding ortho intramolecular Hbond substituents is 2. The SMILES string of the molecule is Cc1cc(C)nc(NS(=O)(=O)c2ccc(N(/C=C/c3cc(Cl)ccc3O)/C=C/c3cc(Cl)ccc3O)cc2)n1. The highest BCUT2D eigenvalue weighted by molar-refractivity contribution is 7.92. The molecule has 0 atom stereocenters. The van der Waals surface area contributed by atoms with Gasteiger partial charge in [-0.25, -0.2) is 23.1 Å². The lowest BCUT2D eigenvalue weighted by atomic mass is 10.2. The molecular weight excluding hydrogens is 559 g/mol. The number of benzene rings is 3. The highest BCUT2D eigenvalue weighted by Crippen LogP contribution is 2.27. The zero-order chi connectivity index (χ0) is 28.2. The summed E-state index contributed by atoms with van der Waals surface area (Å²) >= 11 is 12.1. The summed E-state index contributed by atoms with van der Waals surface area (Å²) < 4.78 is 28.3. The normalized spacial score (nSPS) is 11.8. The van der Waals surface area contributed by atoms with Crippen molar-refractivity contribution in [2.45, 2.75) is 18.7 Å². The van der Waals surface area contributed by atoms with E-state index in [0.717, 1.165) is 0 Å². The van der Waals surface area contributed by atoms with Crippen molar-refractivity contribution in [1.29, 1.82) is 0 Å². The van der Waals surface area contributed by atoms with Gasteiger partial charge in [-0.05, 0) is 92.7 Å². The summed E-state index contributed by atoms with van der Waals surface area (Å²) in [5, 5.41) is 21.3. The Morgan fingerprint density at radius 1 is 0.769 bits per heavy atom. The van der Waals surface area contributed by atoms with E-state index in [1.165, 1.54) is 24.3 Å². The van der Waals surface area contributed by atoms with E-state index in [-0.39, 0.29) is 22.3 Å². The maximum absolute atomic E-state index is 13.0. The Hall–Kier alpha value is -4.05. The van der Waals surface area contributed by atoms with Crippen molar-refractivity contribution in [3.63, 3.8) is 0 Å². The van der Waals surface area contributed by atoms with E-state index < -0.39 is 10.0 Å². The number of aromatic hydroxyl groups is 2. The summed E-state index contributed by atoms with van der Waals surface area (Å²) in [6.07, 6.45) is 6.61. The third kappa shape index (κ3) is 7.29. The molecule has 0 saturated carbocycles. The molecule has 0 spiro atoms. The lowest BCUT2D eigenvalue weighted by Gasteiger charge is -2.17. The fourth-order valence-corrected chi connectivity index (χ4v) is 4.91. The quantitative estimate of drug-likeness (QED) is 0.210. The molecule has 11 heteroatoms. The zero-order valence-electron chi connectivity index (χ0n) is 20.9. The molecule has 0 aliphatic rings. The fraction of sp³-hybridized carbons (Fsp3) is 0.0714. The van der Waals surface area contributed by atoms with Crippen LogP contribution in [0.25, 0.3) is 12.2 Å². The van der Waals surface area contributed by atoms with Gasteiger partial charge in [-0.2, -0.15) is 0 Å². The van der Waals surface area contributed by atoms with E-state index >= 15 is 0 Å². The summed E-state index contributed by atoms with van der Waals surface area (Å²) in [7, 11) is -3.95. The third-order valence-electron chi connectivity index (χ3n) is 5.46. The molecule has 0 aliphatic heterocycles. The van der Waals surface area contributed by atoms with Gasteiger partial charge in [0.1, 0.15) is 11.5 Å². The Balaban J connectivity index is 1.66. The van der Waals surface area contributed by atoms with E-state index in [0.29, 0.717) is 38.2 Å². The number of sulfonamides is 1. The molecule has 4 aromatic rings. The van der Waals surface area contributed by atoms with Gasteiger partial charge in [-0.3, -0.25) is 0 Å². The Morgan fingerprint density at radius 2 is 1.26 bits per heavy atom. The van der Waals surface area contributed by atoms with Gasteiger partial charge < -0.3 is 15.1 Å². The van der Waals surface area contributed by atoms with Crippen molar-refractivity contribution < 1.29 is 18.6 Å². The Labute approximate surface area is 236 Å². The molecule has 3 aromatic carbocycles. The summed E-state index contributed by atoms with van der Waals surface area (Å²) in [5.74, 6) is 0.0631. The lowest BCUT2D eigenvalue weighted by molar-refractivity contribution is 0.473. The fourth-order valence-electron chi connectivity index (χ4n) is 3.61. The van der Waals surface area contributed by atoms with Crippen LogP contribution in [0.15, 0.2) is 84.0 Å². The summed E-state index contributed by atoms with van der Waals surface area (Å²) in [6, 6.07) is 17.2. The average Bonchev–Trinajstić information content (AvgIpc) is 2.87. The number of nitrogens with one attached hydrogen (secondary N) is 1. The predicted octanol–water partition coefficient (Wildman–Crippen LogP) is 6.76. The standard InChI is InChI=1S/C28H24Cl2N4O4S/c1-18-15-19(2)32-28(31-18)33-39(37,38)25-7-5-24(6-8-25)34(13-11-20-16-22(29)3-9-26(20)35)14-12-21-17-23(30)4-10-27(21)36/h3-17,35-36H,1-2H3,(H,31,32,33)/b13-11+,14-12+. The van der Waals surface area contributed by atoms with Gasteiger partial charge >= 0.3 is 0 Å². The van der Waals surface area contributed by atoms with Crippen molar-refractivity contribution in [3.8, 4) is 11.5 Å². The van der Waals surface area contributed by atoms with Crippen molar-refractivity contribution in [1.82, 2.24) is 9.97 Å². The first-order valence-corrected chi connectivity index (χ1v) is 13.8. The number of aryl methyl sites for hydroxylation is 2. The smallest absolute Gasteiger partial charge is 0.264 e. The van der Waals surface area contributed by atoms with Crippen LogP contribution >= 0.6 is 23.2 Å². The number of hydrogen-bond acceptors (Lipinski definition) is 7. The third-order valence-corrected chi connectivity index (χ3v) is 7.28. The van der Waals surface area contributed by atoms with E-state index in [1.54, 1.807) is 85.8 Å². The summed E-state index contributed by atoms with van der Waals surface area (Å²) in [6.45, 7) is 3.51. The Bertz CT molecular complexity index is 1590. The van der Waals surface area contributed by atoms with Crippen molar-refractivity contribution in [3.05, 3.63) is 112 Å². The number of rotatable bonds is 8. The van der Waals surface area contributed by atoms with Crippen LogP contribution in [0.4, 0.5) is 11.6 Å². The van der Waals surface area contributed by atoms with Gasteiger partial charge in [0.2, 0.25) is 5.95 Å². The van der Waals surface area contributed by atoms with E-state index in [9.17, 15) is 18.6 Å². The minimum atomic E-state index is -3.95. The van der Waals surface area contributed by atoms with Crippen LogP contribution in [0, 0.1) is 13.8 Å². The van der Waals surface area contributed by atoms with Gasteiger partial charge in [0.25, 0.3) is 10.0 Å². The van der Waals surface area contributed by atoms with Crippen LogP contribution in [0.3, 0.4) is 0 Å². The molecule has 200 valence electrons. The molecule has 3 N–H and O–H groups in total. The molecular formula is C28H24Cl2N4O4S. The maximum atomic E-state index is 13.0. The maximum Gasteiger partial charge on any atom is 0.264 e. The van der Waals surface area contributed by atoms with Gasteiger partial charge in [0.15, 0.2) is 0 Å². The van der Waals surface area contributed by atoms with Crippen LogP contribution in [0.5, 0.6) is 11.5 Å². The average molecular weight is 583 g/mol. The van der Waals surface area contributed by atoms with Crippen LogP contribution < -0.4 is 9.62 Å². The predicted molar refractivity (Wildman–Crippen MR) is 156 cm³/mol. The lowest BCUT2D eigenvalue weighted by Crippen LogP contribution is -2.16. The Kier molecular flexibility index (Phi) is 8.44. The number of anilines is 2. The number of nitrogens with zero attached hydrogens (tertiary/aromatic N) is 3. The second-order valence-electron chi connectivity index (χ2n) is 8.52. The number of phenols is 2. The van der Waals surface area contributed by atoms with Gasteiger partial charge in [0, 0.05) is 50.6 Å². The molecule has 0 aliphatic carbocycles. The topological polar surface area (TPSA) is 116 Å². The summed E-state index contributed by atoms with van der Waals surface area (Å²) in [5.41, 5.74) is 2.82. The first kappa shape index (κ1) is 28.0. The second kappa shape index (κ2) is 11.8. The van der Waals surface area contributed by atoms with Crippen LogP contribution in [0.1, 0.15) is 22.5 Å². The molecule has 8 nitrogen and oxygen atoms in total. The molecule has 1 aromatic heterocycles. The molecule has 39 heavy (non-hydrogen) atoms. The summed E-state index contributed by atoms with van der Waals surface area (Å²) in [4.78, 5) is 9.97. The molecule has 1 heterocycles. The minimum Gasteiger partial charge on any atom is -0.507 e. The number of halogens is 2. The van der Waals surface area contributed by atoms with E-state index in [4.69, 9.17) is 23.2 Å². The first-order chi connectivity index (χ1) is 18.5. The van der Waals surface area contributed by atoms with Crippen molar-refractivity contribution >= 4 is 57.0 Å². The van der Waals surface area contributed by atoms with Crippen LogP contribution in [-0.4, -0.2) is 28.6 Å². The monoisotopic (exact) mass is 582 g/mol. The second-order valence-corrected chi connectivity index (χ2v) is 11.1. The molecule has 0 amide bonds. The van der Waals surface area contributed by atoms with E-state index in [1.807, 2.05) is 0 Å². The molecule has 0 unspecified atom stereocenters. The van der Waals surface area contributed by atoms with Crippen molar-refractivity contribution in [2.24, 2.45) is 0 Å². The number of aromatic nitrogens is 2. The van der Waals surface area contributed by atoms with E-state index in [2.05, 4.69) is 14.7 Å². The molecule has 0 radical (unpaired) electrons. The van der Waals surface area contributed by atoms with Gasteiger partial charge in [-0.1, -0.05) is 23.2 Å². The van der Waals surface area contributed by atoms with Gasteiger partial charge in [0.05, 0.1) is 4.90 Å². The highest BCUT2D eigenvalue weighted by Gasteiger charge is 2.17. The van der Waals surface area contributed by atoms with Crippen LogP contribution in [0.2, 0.25) is 10.0 Å². The molecule has 0 bridgehead atoms. The molecule has 0 saturated heterocycles. The largest absolute Gasteiger partial charge is 0.507 e. The van der Waals surface area contributed by atoms with Crippen molar-refractivity contribution in [2.75, 3.05) is 9.62 Å². The zero-order valence-corrected chi connectivity index (χ0v) is 23.2. The number of hydrogen-bond donors (Lipinski definition) is 3. The highest BCUT2D eigenvalue weighted by atomic mass is 35.5.